The van der Waals surface area contributed by atoms with Crippen molar-refractivity contribution in [2.75, 3.05) is 0 Å². The summed E-state index contributed by atoms with van der Waals surface area (Å²) in [6, 6.07) is 7.64. The van der Waals surface area contributed by atoms with Gasteiger partial charge < -0.3 is 0 Å². The highest BCUT2D eigenvalue weighted by Crippen LogP contribution is 2.42. The van der Waals surface area contributed by atoms with Gasteiger partial charge in [-0.1, -0.05) is 18.2 Å². The number of para-hydroxylation sites is 1. The summed E-state index contributed by atoms with van der Waals surface area (Å²) in [5.41, 5.74) is 0.449. The first kappa shape index (κ1) is 10.6. The van der Waals surface area contributed by atoms with Crippen LogP contribution in [0.2, 0.25) is 0 Å². The maximum atomic E-state index is 13.0. The Morgan fingerprint density at radius 2 is 1.82 bits per heavy atom. The van der Waals surface area contributed by atoms with Gasteiger partial charge in [0.2, 0.25) is 0 Å². The molecule has 0 aliphatic heterocycles. The van der Waals surface area contributed by atoms with Gasteiger partial charge in [-0.15, -0.1) is 0 Å². The van der Waals surface area contributed by atoms with Gasteiger partial charge in [0.15, 0.2) is 0 Å². The smallest absolute Gasteiger partial charge is 0.253 e. The van der Waals surface area contributed by atoms with Crippen LogP contribution in [0.25, 0.3) is 10.9 Å². The van der Waals surface area contributed by atoms with Crippen molar-refractivity contribution in [2.45, 2.75) is 24.9 Å². The number of fused-ring (bicyclic) bond motifs is 1. The first-order valence-electron chi connectivity index (χ1n) is 5.52. The summed E-state index contributed by atoms with van der Waals surface area (Å²) in [7, 11) is 0. The molecule has 1 aromatic heterocycles. The summed E-state index contributed by atoms with van der Waals surface area (Å²) in [5, 5.41) is 0.185. The number of halogens is 3. The monoisotopic (exact) mass is 237 g/mol. The fraction of sp³-hybridized carbons (Fsp3) is 0.308. The molecule has 0 unspecified atom stereocenters. The summed E-state index contributed by atoms with van der Waals surface area (Å²) in [6.45, 7) is 0. The van der Waals surface area contributed by atoms with E-state index < -0.39 is 11.7 Å². The predicted octanol–water partition coefficient (Wildman–Crippen LogP) is 4.13. The van der Waals surface area contributed by atoms with Crippen LogP contribution in [0.5, 0.6) is 0 Å². The molecule has 2 aromatic rings. The van der Waals surface area contributed by atoms with Gasteiger partial charge in [-0.05, 0) is 25.0 Å². The van der Waals surface area contributed by atoms with Crippen molar-refractivity contribution in [3.8, 4) is 0 Å². The number of aromatic nitrogens is 1. The van der Waals surface area contributed by atoms with Gasteiger partial charge in [0.1, 0.15) is 0 Å². The van der Waals surface area contributed by atoms with Crippen LogP contribution >= 0.6 is 0 Å². The zero-order chi connectivity index (χ0) is 12.0. The second-order valence-corrected chi connectivity index (χ2v) is 4.38. The highest BCUT2D eigenvalue weighted by atomic mass is 19.4. The number of hydrogen-bond donors (Lipinski definition) is 0. The van der Waals surface area contributed by atoms with E-state index in [4.69, 9.17) is 0 Å². The van der Waals surface area contributed by atoms with Gasteiger partial charge >= 0.3 is 6.18 Å². The largest absolute Gasteiger partial charge is 0.417 e. The Balaban J connectivity index is 2.29. The van der Waals surface area contributed by atoms with Crippen molar-refractivity contribution < 1.29 is 13.2 Å². The number of pyridine rings is 1. The second-order valence-electron chi connectivity index (χ2n) is 4.38. The van der Waals surface area contributed by atoms with Crippen LogP contribution in [-0.4, -0.2) is 4.98 Å². The molecule has 0 amide bonds. The predicted molar refractivity (Wildman–Crippen MR) is 58.7 cm³/mol. The molecule has 0 radical (unpaired) electrons. The summed E-state index contributed by atoms with van der Waals surface area (Å²) < 4.78 is 38.9. The lowest BCUT2D eigenvalue weighted by molar-refractivity contribution is -0.136. The first-order chi connectivity index (χ1) is 8.05. The zero-order valence-electron chi connectivity index (χ0n) is 8.96. The van der Waals surface area contributed by atoms with Crippen LogP contribution in [-0.2, 0) is 6.18 Å². The highest BCUT2D eigenvalue weighted by molar-refractivity contribution is 5.83. The highest BCUT2D eigenvalue weighted by Gasteiger charge is 2.35. The Hall–Kier alpha value is -1.58. The van der Waals surface area contributed by atoms with E-state index in [2.05, 4.69) is 4.98 Å². The van der Waals surface area contributed by atoms with Crippen LogP contribution < -0.4 is 0 Å². The zero-order valence-corrected chi connectivity index (χ0v) is 8.96. The van der Waals surface area contributed by atoms with Gasteiger partial charge in [0.05, 0.1) is 11.1 Å². The molecule has 4 heteroatoms. The molecule has 1 aromatic carbocycles. The maximum Gasteiger partial charge on any atom is 0.417 e. The Labute approximate surface area is 96.3 Å². The van der Waals surface area contributed by atoms with Crippen LogP contribution in [0.1, 0.15) is 30.0 Å². The lowest BCUT2D eigenvalue weighted by Crippen LogP contribution is -2.07. The third-order valence-corrected chi connectivity index (χ3v) is 3.04. The Bertz CT molecular complexity index is 570. The van der Waals surface area contributed by atoms with E-state index in [1.54, 1.807) is 18.2 Å². The first-order valence-corrected chi connectivity index (χ1v) is 5.52. The molecular formula is C13H10F3N. The molecule has 1 nitrogen and oxygen atoms in total. The van der Waals surface area contributed by atoms with E-state index >= 15 is 0 Å². The Kier molecular flexibility index (Phi) is 2.15. The fourth-order valence-electron chi connectivity index (χ4n) is 2.02. The molecular weight excluding hydrogens is 227 g/mol. The number of alkyl halides is 3. The van der Waals surface area contributed by atoms with E-state index in [0.29, 0.717) is 11.2 Å². The molecule has 1 fully saturated rings. The van der Waals surface area contributed by atoms with Gasteiger partial charge in [0.25, 0.3) is 0 Å². The van der Waals surface area contributed by atoms with Crippen molar-refractivity contribution in [2.24, 2.45) is 0 Å². The molecule has 0 saturated heterocycles. The van der Waals surface area contributed by atoms with Crippen molar-refractivity contribution in [3.63, 3.8) is 0 Å². The van der Waals surface area contributed by atoms with Crippen molar-refractivity contribution in [1.82, 2.24) is 4.98 Å². The molecule has 0 atom stereocenters. The van der Waals surface area contributed by atoms with E-state index in [9.17, 15) is 13.2 Å². The molecule has 0 bridgehead atoms. The standard InChI is InChI=1S/C13H10F3N/c14-13(15,16)10-7-12(8-5-6-8)17-11-4-2-1-3-9(10)11/h1-4,7-8H,5-6H2. The third-order valence-electron chi connectivity index (χ3n) is 3.04. The summed E-state index contributed by atoms with van der Waals surface area (Å²) in [4.78, 5) is 4.31. The Morgan fingerprint density at radius 1 is 1.12 bits per heavy atom. The Morgan fingerprint density at radius 3 is 2.47 bits per heavy atom. The van der Waals surface area contributed by atoms with Crippen molar-refractivity contribution in [3.05, 3.63) is 41.6 Å². The molecule has 1 heterocycles. The van der Waals surface area contributed by atoms with Crippen molar-refractivity contribution >= 4 is 10.9 Å². The number of rotatable bonds is 1. The van der Waals surface area contributed by atoms with E-state index in [1.165, 1.54) is 12.1 Å². The lowest BCUT2D eigenvalue weighted by Gasteiger charge is -2.12. The van der Waals surface area contributed by atoms with Gasteiger partial charge in [-0.25, -0.2) is 0 Å². The van der Waals surface area contributed by atoms with Crippen LogP contribution in [0, 0.1) is 0 Å². The summed E-state index contributed by atoms with van der Waals surface area (Å²) in [6.07, 6.45) is -2.42. The molecule has 17 heavy (non-hydrogen) atoms. The topological polar surface area (TPSA) is 12.9 Å². The minimum absolute atomic E-state index is 0.185. The summed E-state index contributed by atoms with van der Waals surface area (Å²) in [5.74, 6) is 0.223. The fourth-order valence-corrected chi connectivity index (χ4v) is 2.02. The summed E-state index contributed by atoms with van der Waals surface area (Å²) >= 11 is 0. The number of benzene rings is 1. The van der Waals surface area contributed by atoms with E-state index in [-0.39, 0.29) is 11.3 Å². The van der Waals surface area contributed by atoms with Gasteiger partial charge in [-0.2, -0.15) is 13.2 Å². The molecule has 1 aliphatic carbocycles. The van der Waals surface area contributed by atoms with Crippen LogP contribution in [0.15, 0.2) is 30.3 Å². The van der Waals surface area contributed by atoms with Crippen LogP contribution in [0.3, 0.4) is 0 Å². The third kappa shape index (κ3) is 1.88. The molecule has 0 spiro atoms. The van der Waals surface area contributed by atoms with E-state index in [0.717, 1.165) is 12.8 Å². The minimum atomic E-state index is -4.31. The minimum Gasteiger partial charge on any atom is -0.253 e. The molecule has 1 aliphatic rings. The van der Waals surface area contributed by atoms with Gasteiger partial charge in [-0.3, -0.25) is 4.98 Å². The molecule has 3 rings (SSSR count). The molecule has 1 saturated carbocycles. The number of nitrogens with zero attached hydrogens (tertiary/aromatic N) is 1. The number of hydrogen-bond acceptors (Lipinski definition) is 1. The van der Waals surface area contributed by atoms with Crippen LogP contribution in [0.4, 0.5) is 13.2 Å². The SMILES string of the molecule is FC(F)(F)c1cc(C2CC2)nc2ccccc12. The molecule has 88 valence electrons. The molecule has 0 N–H and O–H groups in total. The average Bonchev–Trinajstić information content (AvgIpc) is 3.10. The quantitative estimate of drug-likeness (QED) is 0.726. The van der Waals surface area contributed by atoms with Crippen molar-refractivity contribution in [1.29, 1.82) is 0 Å². The lowest BCUT2D eigenvalue weighted by atomic mass is 10.1. The normalized spacial score (nSPS) is 16.4. The van der Waals surface area contributed by atoms with Gasteiger partial charge in [0, 0.05) is 17.0 Å². The average molecular weight is 237 g/mol. The van der Waals surface area contributed by atoms with E-state index in [1.807, 2.05) is 0 Å². The maximum absolute atomic E-state index is 13.0. The second kappa shape index (κ2) is 3.45.